The Balaban J connectivity index is 2.31. The van der Waals surface area contributed by atoms with Crippen LogP contribution in [0.2, 0.25) is 5.02 Å². The van der Waals surface area contributed by atoms with E-state index in [0.29, 0.717) is 11.4 Å². The molecule has 0 aliphatic carbocycles. The topological polar surface area (TPSA) is 26.3 Å². The zero-order valence-corrected chi connectivity index (χ0v) is 9.64. The molecular weight excluding hydrogens is 267 g/mol. The summed E-state index contributed by atoms with van der Waals surface area (Å²) in [4.78, 5) is 11.0. The molecular formula is C10H8BrClO2. The fraction of sp³-hybridized carbons (Fsp3) is 0.300. The van der Waals surface area contributed by atoms with Crippen molar-refractivity contribution in [2.24, 2.45) is 0 Å². The summed E-state index contributed by atoms with van der Waals surface area (Å²) in [5.74, 6) is -0.137. The van der Waals surface area contributed by atoms with E-state index in [-0.39, 0.29) is 12.1 Å². The van der Waals surface area contributed by atoms with Crippen molar-refractivity contribution >= 4 is 33.5 Å². The zero-order valence-electron chi connectivity index (χ0n) is 7.30. The van der Waals surface area contributed by atoms with Gasteiger partial charge in [0.15, 0.2) is 0 Å². The fourth-order valence-corrected chi connectivity index (χ4v) is 2.19. The molecule has 0 aromatic heterocycles. The maximum Gasteiger partial charge on any atom is 0.306 e. The molecule has 0 radical (unpaired) electrons. The first-order valence-electron chi connectivity index (χ1n) is 4.31. The Kier molecular flexibility index (Phi) is 2.79. The maximum atomic E-state index is 11.0. The second-order valence-corrected chi connectivity index (χ2v) is 4.47. The highest BCUT2D eigenvalue weighted by Crippen LogP contribution is 2.35. The number of benzene rings is 1. The number of halogens is 2. The first kappa shape index (κ1) is 9.99. The molecule has 1 fully saturated rings. The van der Waals surface area contributed by atoms with Crippen molar-refractivity contribution in [1.29, 1.82) is 0 Å². The molecule has 0 amide bonds. The number of carbonyl (C=O) groups is 1. The summed E-state index contributed by atoms with van der Waals surface area (Å²) in [6.45, 7) is 0. The van der Waals surface area contributed by atoms with E-state index in [4.69, 9.17) is 16.3 Å². The Morgan fingerprint density at radius 2 is 2.29 bits per heavy atom. The van der Waals surface area contributed by atoms with Gasteiger partial charge >= 0.3 is 5.97 Å². The molecule has 0 spiro atoms. The molecule has 74 valence electrons. The Morgan fingerprint density at radius 1 is 1.50 bits per heavy atom. The lowest BCUT2D eigenvalue weighted by molar-refractivity contribution is -0.141. The van der Waals surface area contributed by atoms with E-state index in [1.165, 1.54) is 0 Å². The molecule has 1 atom stereocenters. The van der Waals surface area contributed by atoms with E-state index in [2.05, 4.69) is 15.9 Å². The minimum absolute atomic E-state index is 0.137. The number of hydrogen-bond donors (Lipinski definition) is 0. The molecule has 1 aromatic rings. The Labute approximate surface area is 95.3 Å². The highest BCUT2D eigenvalue weighted by Gasteiger charge is 2.26. The molecule has 1 aromatic carbocycles. The predicted molar refractivity (Wildman–Crippen MR) is 57.2 cm³/mol. The Hall–Kier alpha value is -0.540. The van der Waals surface area contributed by atoms with Gasteiger partial charge in [-0.25, -0.2) is 0 Å². The largest absolute Gasteiger partial charge is 0.457 e. The van der Waals surface area contributed by atoms with Crippen LogP contribution in [0.4, 0.5) is 0 Å². The monoisotopic (exact) mass is 274 g/mol. The molecule has 0 saturated carbocycles. The summed E-state index contributed by atoms with van der Waals surface area (Å²) in [6.07, 6.45) is 1.08. The van der Waals surface area contributed by atoms with E-state index in [0.717, 1.165) is 16.5 Å². The van der Waals surface area contributed by atoms with Crippen molar-refractivity contribution in [3.05, 3.63) is 33.3 Å². The van der Waals surface area contributed by atoms with E-state index in [9.17, 15) is 4.79 Å². The standard InChI is InChI=1S/C10H8BrClO2/c11-8-2-1-6(12)5-7(8)9-3-4-10(13)14-9/h1-2,5,9H,3-4H2. The van der Waals surface area contributed by atoms with Crippen LogP contribution >= 0.6 is 27.5 Å². The number of carbonyl (C=O) groups excluding carboxylic acids is 1. The van der Waals surface area contributed by atoms with Crippen molar-refractivity contribution in [2.75, 3.05) is 0 Å². The number of rotatable bonds is 1. The van der Waals surface area contributed by atoms with Gasteiger partial charge in [-0.3, -0.25) is 4.79 Å². The Morgan fingerprint density at radius 3 is 2.93 bits per heavy atom. The Bertz CT molecular complexity index is 378. The van der Waals surface area contributed by atoms with Crippen molar-refractivity contribution in [3.8, 4) is 0 Å². The first-order chi connectivity index (χ1) is 6.66. The van der Waals surface area contributed by atoms with Gasteiger partial charge in [0.05, 0.1) is 0 Å². The summed E-state index contributed by atoms with van der Waals surface area (Å²) < 4.78 is 6.09. The van der Waals surface area contributed by atoms with Crippen LogP contribution in [0.1, 0.15) is 24.5 Å². The van der Waals surface area contributed by atoms with Gasteiger partial charge in [0.1, 0.15) is 6.10 Å². The summed E-state index contributed by atoms with van der Waals surface area (Å²) in [6, 6.07) is 5.49. The molecule has 1 heterocycles. The van der Waals surface area contributed by atoms with E-state index >= 15 is 0 Å². The average molecular weight is 276 g/mol. The van der Waals surface area contributed by atoms with Gasteiger partial charge in [0, 0.05) is 21.5 Å². The number of ether oxygens (including phenoxy) is 1. The highest BCUT2D eigenvalue weighted by molar-refractivity contribution is 9.10. The van der Waals surface area contributed by atoms with Crippen LogP contribution in [0.3, 0.4) is 0 Å². The summed E-state index contributed by atoms with van der Waals surface area (Å²) in [5, 5.41) is 0.658. The van der Waals surface area contributed by atoms with Gasteiger partial charge in [-0.2, -0.15) is 0 Å². The lowest BCUT2D eigenvalue weighted by Crippen LogP contribution is -1.99. The lowest BCUT2D eigenvalue weighted by atomic mass is 10.1. The van der Waals surface area contributed by atoms with Gasteiger partial charge in [0.25, 0.3) is 0 Å². The van der Waals surface area contributed by atoms with Crippen LogP contribution in [0.15, 0.2) is 22.7 Å². The lowest BCUT2D eigenvalue weighted by Gasteiger charge is -2.11. The molecule has 0 bridgehead atoms. The van der Waals surface area contributed by atoms with E-state index in [1.807, 2.05) is 12.1 Å². The van der Waals surface area contributed by atoms with Crippen LogP contribution in [-0.2, 0) is 9.53 Å². The SMILES string of the molecule is O=C1CCC(c2cc(Cl)ccc2Br)O1. The molecule has 2 nitrogen and oxygen atoms in total. The molecule has 1 aliphatic rings. The van der Waals surface area contributed by atoms with Crippen LogP contribution in [0, 0.1) is 0 Å². The smallest absolute Gasteiger partial charge is 0.306 e. The minimum Gasteiger partial charge on any atom is -0.457 e. The average Bonchev–Trinajstić information content (AvgIpc) is 2.56. The number of cyclic esters (lactones) is 1. The quantitative estimate of drug-likeness (QED) is 0.734. The van der Waals surface area contributed by atoms with E-state index in [1.54, 1.807) is 6.07 Å². The van der Waals surface area contributed by atoms with Crippen LogP contribution in [0.5, 0.6) is 0 Å². The molecule has 1 aliphatic heterocycles. The highest BCUT2D eigenvalue weighted by atomic mass is 79.9. The third-order valence-electron chi connectivity index (χ3n) is 2.19. The molecule has 1 unspecified atom stereocenters. The van der Waals surface area contributed by atoms with Gasteiger partial charge in [0.2, 0.25) is 0 Å². The number of esters is 1. The molecule has 2 rings (SSSR count). The van der Waals surface area contributed by atoms with Crippen molar-refractivity contribution in [1.82, 2.24) is 0 Å². The summed E-state index contributed by atoms with van der Waals surface area (Å²) >= 11 is 9.28. The third kappa shape index (κ3) is 1.93. The van der Waals surface area contributed by atoms with Crippen molar-refractivity contribution in [3.63, 3.8) is 0 Å². The van der Waals surface area contributed by atoms with Crippen molar-refractivity contribution in [2.45, 2.75) is 18.9 Å². The predicted octanol–water partition coefficient (Wildman–Crippen LogP) is 3.48. The van der Waals surface area contributed by atoms with Crippen molar-refractivity contribution < 1.29 is 9.53 Å². The summed E-state index contributed by atoms with van der Waals surface area (Å²) in [7, 11) is 0. The molecule has 1 saturated heterocycles. The van der Waals surface area contributed by atoms with Crippen LogP contribution in [0.25, 0.3) is 0 Å². The molecule has 4 heteroatoms. The first-order valence-corrected chi connectivity index (χ1v) is 5.48. The maximum absolute atomic E-state index is 11.0. The van der Waals surface area contributed by atoms with Gasteiger partial charge in [-0.15, -0.1) is 0 Å². The second-order valence-electron chi connectivity index (χ2n) is 3.18. The fourth-order valence-electron chi connectivity index (χ4n) is 1.51. The second kappa shape index (κ2) is 3.91. The van der Waals surface area contributed by atoms with Gasteiger partial charge < -0.3 is 4.74 Å². The minimum atomic E-state index is -0.143. The zero-order chi connectivity index (χ0) is 10.1. The third-order valence-corrected chi connectivity index (χ3v) is 3.15. The molecule has 14 heavy (non-hydrogen) atoms. The number of hydrogen-bond acceptors (Lipinski definition) is 2. The molecule has 0 N–H and O–H groups in total. The summed E-state index contributed by atoms with van der Waals surface area (Å²) in [5.41, 5.74) is 0.948. The van der Waals surface area contributed by atoms with Gasteiger partial charge in [-0.1, -0.05) is 27.5 Å². The normalized spacial score (nSPS) is 21.0. The van der Waals surface area contributed by atoms with Crippen LogP contribution < -0.4 is 0 Å². The van der Waals surface area contributed by atoms with E-state index < -0.39 is 0 Å². The van der Waals surface area contributed by atoms with Gasteiger partial charge in [-0.05, 0) is 24.6 Å². The van der Waals surface area contributed by atoms with Crippen LogP contribution in [-0.4, -0.2) is 5.97 Å².